The van der Waals surface area contributed by atoms with Gasteiger partial charge < -0.3 is 21.3 Å². The van der Waals surface area contributed by atoms with Crippen LogP contribution in [-0.2, 0) is 24.0 Å². The number of ketones is 1. The zero-order valence-corrected chi connectivity index (χ0v) is 23.8. The van der Waals surface area contributed by atoms with Gasteiger partial charge in [-0.2, -0.15) is 0 Å². The van der Waals surface area contributed by atoms with E-state index < -0.39 is 41.1 Å². The van der Waals surface area contributed by atoms with Crippen molar-refractivity contribution in [3.63, 3.8) is 0 Å². The molecule has 3 fully saturated rings. The third-order valence-corrected chi connectivity index (χ3v) is 8.54. The van der Waals surface area contributed by atoms with Crippen molar-refractivity contribution < 1.29 is 24.0 Å². The summed E-state index contributed by atoms with van der Waals surface area (Å²) in [7, 11) is 0. The first-order valence-electron chi connectivity index (χ1n) is 13.6. The molecule has 208 valence electrons. The van der Waals surface area contributed by atoms with Crippen LogP contribution in [0.1, 0.15) is 87.5 Å². The summed E-state index contributed by atoms with van der Waals surface area (Å²) in [5.41, 5.74) is 4.35. The number of carbonyl (C=O) groups is 5. The van der Waals surface area contributed by atoms with Gasteiger partial charge in [0.05, 0.1) is 6.04 Å². The molecule has 1 aliphatic heterocycles. The molecule has 4 amide bonds. The standard InChI is InChI=1S/C28H46N4O5/c1-26(2,3)13-18(33)31-22(27(4,5)6)25(37)32-14-16-19(28(16,7)8)20(32)24(36)30-17(21(34)23(29)35)12-15-10-9-11-15/h15-17,19-20,22H,9-14H2,1-8H3,(H2,29,35)(H,30,36)(H,31,33)/t16?,17?,19?,20-,22+/m0/s1. The molecule has 3 rings (SSSR count). The number of carbonyl (C=O) groups excluding carboxylic acids is 5. The number of nitrogens with zero attached hydrogens (tertiary/aromatic N) is 1. The minimum atomic E-state index is -1.07. The number of amides is 4. The maximum absolute atomic E-state index is 13.9. The molecule has 0 radical (unpaired) electrons. The lowest BCUT2D eigenvalue weighted by Gasteiger charge is -2.38. The zero-order chi connectivity index (χ0) is 28.1. The van der Waals surface area contributed by atoms with Crippen LogP contribution in [0.5, 0.6) is 0 Å². The number of rotatable bonds is 9. The van der Waals surface area contributed by atoms with Gasteiger partial charge in [0.2, 0.25) is 23.5 Å². The summed E-state index contributed by atoms with van der Waals surface area (Å²) in [5, 5.41) is 5.74. The summed E-state index contributed by atoms with van der Waals surface area (Å²) in [6.07, 6.45) is 3.61. The molecule has 3 unspecified atom stereocenters. The van der Waals surface area contributed by atoms with Crippen molar-refractivity contribution >= 4 is 29.4 Å². The molecule has 4 N–H and O–H groups in total. The highest BCUT2D eigenvalue weighted by atomic mass is 16.2. The van der Waals surface area contributed by atoms with E-state index >= 15 is 0 Å². The van der Waals surface area contributed by atoms with Crippen molar-refractivity contribution in [1.29, 1.82) is 0 Å². The van der Waals surface area contributed by atoms with Crippen LogP contribution in [0, 0.1) is 34.0 Å². The largest absolute Gasteiger partial charge is 0.363 e. The van der Waals surface area contributed by atoms with Gasteiger partial charge >= 0.3 is 0 Å². The second kappa shape index (κ2) is 10.0. The Morgan fingerprint density at radius 3 is 2.05 bits per heavy atom. The third-order valence-electron chi connectivity index (χ3n) is 8.54. The number of likely N-dealkylation sites (tertiary alicyclic amines) is 1. The van der Waals surface area contributed by atoms with Gasteiger partial charge in [-0.25, -0.2) is 0 Å². The normalized spacial score (nSPS) is 26.4. The van der Waals surface area contributed by atoms with Crippen LogP contribution in [0.4, 0.5) is 0 Å². The van der Waals surface area contributed by atoms with Gasteiger partial charge in [0.25, 0.3) is 5.91 Å². The number of primary amides is 1. The Bertz CT molecular complexity index is 957. The van der Waals surface area contributed by atoms with Gasteiger partial charge in [-0.1, -0.05) is 74.7 Å². The lowest BCUT2D eigenvalue weighted by Crippen LogP contribution is -2.60. The van der Waals surface area contributed by atoms with Crippen LogP contribution in [-0.4, -0.2) is 59.0 Å². The molecule has 0 aromatic heterocycles. The quantitative estimate of drug-likeness (QED) is 0.402. The average Bonchev–Trinajstić information content (AvgIpc) is 3.06. The predicted molar refractivity (Wildman–Crippen MR) is 140 cm³/mol. The van der Waals surface area contributed by atoms with E-state index in [1.165, 1.54) is 0 Å². The van der Waals surface area contributed by atoms with E-state index in [1.807, 2.05) is 41.5 Å². The van der Waals surface area contributed by atoms with E-state index in [1.54, 1.807) is 4.90 Å². The van der Waals surface area contributed by atoms with E-state index in [0.717, 1.165) is 19.3 Å². The number of hydrogen-bond donors (Lipinski definition) is 3. The van der Waals surface area contributed by atoms with Crippen LogP contribution in [0.15, 0.2) is 0 Å². The number of Topliss-reactive ketones (excluding diaryl/α,β-unsaturated/α-hetero) is 1. The summed E-state index contributed by atoms with van der Waals surface area (Å²) in [6, 6.07) is -2.57. The molecular weight excluding hydrogens is 472 g/mol. The third kappa shape index (κ3) is 6.34. The van der Waals surface area contributed by atoms with Gasteiger partial charge in [0.15, 0.2) is 0 Å². The SMILES string of the molecule is CC(C)(C)CC(=O)N[C@H](C(=O)N1CC2C([C@H]1C(=O)NC(CC1CCC1)C(=O)C(N)=O)C2(C)C)C(C)(C)C. The van der Waals surface area contributed by atoms with E-state index in [9.17, 15) is 24.0 Å². The Balaban J connectivity index is 1.83. The lowest BCUT2D eigenvalue weighted by atomic mass is 9.80. The number of hydrogen-bond acceptors (Lipinski definition) is 5. The Hall–Kier alpha value is -2.45. The maximum atomic E-state index is 13.9. The first-order valence-corrected chi connectivity index (χ1v) is 13.6. The molecule has 5 atom stereocenters. The molecule has 3 aliphatic rings. The molecule has 2 aliphatic carbocycles. The fraction of sp³-hybridized carbons (Fsp3) is 0.821. The highest BCUT2D eigenvalue weighted by molar-refractivity contribution is 6.37. The van der Waals surface area contributed by atoms with Gasteiger partial charge in [0, 0.05) is 13.0 Å². The molecule has 9 nitrogen and oxygen atoms in total. The Morgan fingerprint density at radius 2 is 1.59 bits per heavy atom. The lowest BCUT2D eigenvalue weighted by molar-refractivity contribution is -0.146. The van der Waals surface area contributed by atoms with E-state index in [4.69, 9.17) is 5.73 Å². The van der Waals surface area contributed by atoms with Crippen molar-refractivity contribution in [3.8, 4) is 0 Å². The average molecular weight is 519 g/mol. The summed E-state index contributed by atoms with van der Waals surface area (Å²) in [5.74, 6) is -2.45. The highest BCUT2D eigenvalue weighted by Gasteiger charge is 2.69. The van der Waals surface area contributed by atoms with Crippen LogP contribution in [0.3, 0.4) is 0 Å². The first-order chi connectivity index (χ1) is 16.8. The monoisotopic (exact) mass is 518 g/mol. The summed E-state index contributed by atoms with van der Waals surface area (Å²) >= 11 is 0. The molecule has 2 saturated carbocycles. The molecule has 0 spiro atoms. The Kier molecular flexibility index (Phi) is 7.89. The number of nitrogens with two attached hydrogens (primary N) is 1. The molecule has 37 heavy (non-hydrogen) atoms. The van der Waals surface area contributed by atoms with Crippen molar-refractivity contribution in [1.82, 2.24) is 15.5 Å². The summed E-state index contributed by atoms with van der Waals surface area (Å²) < 4.78 is 0. The van der Waals surface area contributed by atoms with Crippen LogP contribution < -0.4 is 16.4 Å². The smallest absolute Gasteiger partial charge is 0.287 e. The molecule has 0 bridgehead atoms. The fourth-order valence-corrected chi connectivity index (χ4v) is 6.04. The maximum Gasteiger partial charge on any atom is 0.287 e. The molecule has 0 aromatic rings. The van der Waals surface area contributed by atoms with Gasteiger partial charge in [0.1, 0.15) is 12.1 Å². The van der Waals surface area contributed by atoms with Crippen molar-refractivity contribution in [2.75, 3.05) is 6.54 Å². The predicted octanol–water partition coefficient (Wildman–Crippen LogP) is 2.17. The Labute approximate surface area is 221 Å². The number of nitrogens with one attached hydrogen (secondary N) is 2. The first kappa shape index (κ1) is 29.1. The van der Waals surface area contributed by atoms with Crippen LogP contribution in [0.2, 0.25) is 0 Å². The van der Waals surface area contributed by atoms with Gasteiger partial charge in [-0.3, -0.25) is 24.0 Å². The topological polar surface area (TPSA) is 139 Å². The number of fused-ring (bicyclic) bond motifs is 1. The molecular formula is C28H46N4O5. The Morgan fingerprint density at radius 1 is 1.00 bits per heavy atom. The second-order valence-corrected chi connectivity index (χ2v) is 14.3. The van der Waals surface area contributed by atoms with Gasteiger partial charge in [-0.15, -0.1) is 0 Å². The minimum absolute atomic E-state index is 0.0598. The highest BCUT2D eigenvalue weighted by Crippen LogP contribution is 2.65. The summed E-state index contributed by atoms with van der Waals surface area (Å²) in [4.78, 5) is 66.3. The molecule has 0 aromatic carbocycles. The summed E-state index contributed by atoms with van der Waals surface area (Å²) in [6.45, 7) is 16.1. The van der Waals surface area contributed by atoms with Gasteiger partial charge in [-0.05, 0) is 40.4 Å². The van der Waals surface area contributed by atoms with Crippen LogP contribution >= 0.6 is 0 Å². The molecule has 1 heterocycles. The molecule has 9 heteroatoms. The van der Waals surface area contributed by atoms with E-state index in [-0.39, 0.29) is 46.8 Å². The second-order valence-electron chi connectivity index (χ2n) is 14.3. The zero-order valence-electron chi connectivity index (χ0n) is 23.8. The van der Waals surface area contributed by atoms with Crippen LogP contribution in [0.25, 0.3) is 0 Å². The van der Waals surface area contributed by atoms with Crippen molar-refractivity contribution in [3.05, 3.63) is 0 Å². The van der Waals surface area contributed by atoms with Crippen molar-refractivity contribution in [2.24, 2.45) is 39.7 Å². The van der Waals surface area contributed by atoms with E-state index in [2.05, 4.69) is 24.5 Å². The van der Waals surface area contributed by atoms with E-state index in [0.29, 0.717) is 13.0 Å². The fourth-order valence-electron chi connectivity index (χ4n) is 6.04. The van der Waals surface area contributed by atoms with Crippen molar-refractivity contribution in [2.45, 2.75) is 106 Å². The molecule has 1 saturated heterocycles. The minimum Gasteiger partial charge on any atom is -0.363 e. The number of piperidine rings is 1.